The zero-order chi connectivity index (χ0) is 14.3. The van der Waals surface area contributed by atoms with Crippen LogP contribution in [0.1, 0.15) is 27.2 Å². The Labute approximate surface area is 110 Å². The quantitative estimate of drug-likeness (QED) is 0.884. The van der Waals surface area contributed by atoms with Gasteiger partial charge in [0.1, 0.15) is 6.07 Å². The van der Waals surface area contributed by atoms with E-state index in [9.17, 15) is 9.90 Å². The number of hydrogen-bond acceptors (Lipinski definition) is 4. The summed E-state index contributed by atoms with van der Waals surface area (Å²) in [6.45, 7) is 3.45. The third kappa shape index (κ3) is 1.71. The Hall–Kier alpha value is -2.55. The van der Waals surface area contributed by atoms with Crippen molar-refractivity contribution in [1.82, 2.24) is 9.61 Å². The molecule has 6 nitrogen and oxygen atoms in total. The third-order valence-corrected chi connectivity index (χ3v) is 3.18. The number of fused-ring (bicyclic) bond motifs is 1. The van der Waals surface area contributed by atoms with Gasteiger partial charge in [0.15, 0.2) is 0 Å². The number of aromatic nitrogens is 2. The van der Waals surface area contributed by atoms with E-state index in [1.54, 1.807) is 23.3 Å². The van der Waals surface area contributed by atoms with Crippen molar-refractivity contribution < 1.29 is 9.90 Å². The van der Waals surface area contributed by atoms with Crippen molar-refractivity contribution in [3.63, 3.8) is 0 Å². The third-order valence-electron chi connectivity index (χ3n) is 3.18. The number of carbonyl (C=O) groups is 1. The van der Waals surface area contributed by atoms with Crippen LogP contribution in [0, 0.1) is 25.2 Å². The number of carboxylic acid groups (broad SMARTS) is 1. The Balaban J connectivity index is 3.02. The summed E-state index contributed by atoms with van der Waals surface area (Å²) in [6.07, 6.45) is 1.46. The van der Waals surface area contributed by atoms with Gasteiger partial charge in [-0.05, 0) is 19.4 Å². The fourth-order valence-corrected chi connectivity index (χ4v) is 2.40. The van der Waals surface area contributed by atoms with Gasteiger partial charge in [0, 0.05) is 14.1 Å². The van der Waals surface area contributed by atoms with Gasteiger partial charge in [-0.1, -0.05) is 0 Å². The molecule has 0 unspecified atom stereocenters. The molecule has 0 spiro atoms. The zero-order valence-corrected chi connectivity index (χ0v) is 11.2. The van der Waals surface area contributed by atoms with E-state index in [1.165, 1.54) is 6.20 Å². The molecule has 0 saturated heterocycles. The van der Waals surface area contributed by atoms with Crippen molar-refractivity contribution >= 4 is 17.2 Å². The van der Waals surface area contributed by atoms with Crippen molar-refractivity contribution in [3.05, 3.63) is 28.6 Å². The molecular formula is C13H14N4O2. The number of carboxylic acids is 1. The second-order valence-electron chi connectivity index (χ2n) is 4.56. The van der Waals surface area contributed by atoms with Gasteiger partial charge in [-0.2, -0.15) is 10.4 Å². The number of aryl methyl sites for hydroxylation is 2. The Morgan fingerprint density at radius 1 is 1.47 bits per heavy atom. The van der Waals surface area contributed by atoms with Crippen LogP contribution in [0.2, 0.25) is 0 Å². The molecule has 0 radical (unpaired) electrons. The lowest BCUT2D eigenvalue weighted by Gasteiger charge is -2.16. The predicted molar refractivity (Wildman–Crippen MR) is 70.7 cm³/mol. The molecule has 6 heteroatoms. The normalized spacial score (nSPS) is 10.5. The van der Waals surface area contributed by atoms with Crippen LogP contribution < -0.4 is 4.90 Å². The maximum Gasteiger partial charge on any atom is 0.337 e. The fourth-order valence-electron chi connectivity index (χ4n) is 2.40. The average molecular weight is 258 g/mol. The minimum absolute atomic E-state index is 0.241. The minimum Gasteiger partial charge on any atom is -0.478 e. The molecule has 98 valence electrons. The molecular weight excluding hydrogens is 244 g/mol. The zero-order valence-electron chi connectivity index (χ0n) is 11.2. The molecule has 0 aliphatic carbocycles. The maximum absolute atomic E-state index is 11.3. The Kier molecular flexibility index (Phi) is 2.91. The summed E-state index contributed by atoms with van der Waals surface area (Å²) >= 11 is 0. The number of aromatic carboxylic acids is 1. The lowest BCUT2D eigenvalue weighted by molar-refractivity contribution is 0.0695. The van der Waals surface area contributed by atoms with Crippen LogP contribution in [0.4, 0.5) is 5.69 Å². The summed E-state index contributed by atoms with van der Waals surface area (Å²) in [5, 5.41) is 22.6. The highest BCUT2D eigenvalue weighted by Gasteiger charge is 2.23. The van der Waals surface area contributed by atoms with Gasteiger partial charge < -0.3 is 10.0 Å². The van der Waals surface area contributed by atoms with Crippen LogP contribution in [-0.4, -0.2) is 34.8 Å². The van der Waals surface area contributed by atoms with Gasteiger partial charge in [-0.15, -0.1) is 0 Å². The van der Waals surface area contributed by atoms with Gasteiger partial charge in [0.25, 0.3) is 0 Å². The molecule has 0 aliphatic heterocycles. The first kappa shape index (κ1) is 12.9. The highest BCUT2D eigenvalue weighted by Crippen LogP contribution is 2.31. The molecule has 0 saturated carbocycles. The molecule has 2 aromatic rings. The number of nitriles is 1. The van der Waals surface area contributed by atoms with Crippen LogP contribution >= 0.6 is 0 Å². The predicted octanol–water partition coefficient (Wildman–Crippen LogP) is 1.59. The molecule has 19 heavy (non-hydrogen) atoms. The maximum atomic E-state index is 11.3. The van der Waals surface area contributed by atoms with Gasteiger partial charge in [-0.3, -0.25) is 0 Å². The largest absolute Gasteiger partial charge is 0.478 e. The van der Waals surface area contributed by atoms with E-state index in [4.69, 9.17) is 5.26 Å². The van der Waals surface area contributed by atoms with E-state index >= 15 is 0 Å². The van der Waals surface area contributed by atoms with Gasteiger partial charge in [-0.25, -0.2) is 9.31 Å². The summed E-state index contributed by atoms with van der Waals surface area (Å²) < 4.78 is 1.58. The Morgan fingerprint density at radius 3 is 2.58 bits per heavy atom. The van der Waals surface area contributed by atoms with Crippen molar-refractivity contribution in [2.75, 3.05) is 19.0 Å². The lowest BCUT2D eigenvalue weighted by Crippen LogP contribution is -2.13. The number of nitrogens with zero attached hydrogens (tertiary/aromatic N) is 4. The van der Waals surface area contributed by atoms with Crippen molar-refractivity contribution in [1.29, 1.82) is 5.26 Å². The average Bonchev–Trinajstić information content (AvgIpc) is 2.60. The summed E-state index contributed by atoms with van der Waals surface area (Å²) in [7, 11) is 3.64. The molecule has 0 fully saturated rings. The summed E-state index contributed by atoms with van der Waals surface area (Å²) in [4.78, 5) is 13.1. The van der Waals surface area contributed by atoms with Crippen LogP contribution in [0.15, 0.2) is 6.20 Å². The number of hydrogen-bond donors (Lipinski definition) is 1. The standard InChI is InChI=1S/C13H14N4O2/c1-7-10(13(18)19)8(2)17-11(7)12(16(3)4)9(5-14)6-15-17/h6H,1-4H3,(H,18,19). The second kappa shape index (κ2) is 4.28. The van der Waals surface area contributed by atoms with Crippen molar-refractivity contribution in [3.8, 4) is 6.07 Å². The fraction of sp³-hybridized carbons (Fsp3) is 0.308. The Morgan fingerprint density at radius 2 is 2.11 bits per heavy atom. The SMILES string of the molecule is Cc1c(C(=O)O)c(C)n2ncc(C#N)c(N(C)C)c12. The molecule has 2 heterocycles. The molecule has 1 N–H and O–H groups in total. The first-order valence-electron chi connectivity index (χ1n) is 5.71. The van der Waals surface area contributed by atoms with Crippen LogP contribution in [-0.2, 0) is 0 Å². The molecule has 2 aromatic heterocycles. The van der Waals surface area contributed by atoms with Crippen molar-refractivity contribution in [2.45, 2.75) is 13.8 Å². The summed E-state index contributed by atoms with van der Waals surface area (Å²) in [6, 6.07) is 2.09. The van der Waals surface area contributed by atoms with E-state index in [1.807, 2.05) is 14.1 Å². The molecule has 0 aromatic carbocycles. The molecule has 0 atom stereocenters. The summed E-state index contributed by atoms with van der Waals surface area (Å²) in [5.74, 6) is -0.983. The molecule has 0 bridgehead atoms. The van der Waals surface area contributed by atoms with E-state index < -0.39 is 5.97 Å². The van der Waals surface area contributed by atoms with E-state index in [2.05, 4.69) is 11.2 Å². The summed E-state index contributed by atoms with van der Waals surface area (Å²) in [5.41, 5.74) is 3.20. The highest BCUT2D eigenvalue weighted by molar-refractivity contribution is 5.97. The first-order chi connectivity index (χ1) is 8.90. The monoisotopic (exact) mass is 258 g/mol. The van der Waals surface area contributed by atoms with Gasteiger partial charge in [0.05, 0.1) is 34.2 Å². The van der Waals surface area contributed by atoms with Crippen LogP contribution in [0.5, 0.6) is 0 Å². The van der Waals surface area contributed by atoms with Crippen LogP contribution in [0.3, 0.4) is 0 Å². The Bertz CT molecular complexity index is 723. The number of anilines is 1. The highest BCUT2D eigenvalue weighted by atomic mass is 16.4. The van der Waals surface area contributed by atoms with E-state index in [0.717, 1.165) is 0 Å². The van der Waals surface area contributed by atoms with Gasteiger partial charge >= 0.3 is 5.97 Å². The van der Waals surface area contributed by atoms with E-state index in [0.29, 0.717) is 28.0 Å². The molecule has 0 amide bonds. The topological polar surface area (TPSA) is 81.6 Å². The lowest BCUT2D eigenvalue weighted by atomic mass is 10.1. The first-order valence-corrected chi connectivity index (χ1v) is 5.71. The minimum atomic E-state index is -0.983. The smallest absolute Gasteiger partial charge is 0.337 e. The molecule has 0 aliphatic rings. The second-order valence-corrected chi connectivity index (χ2v) is 4.56. The van der Waals surface area contributed by atoms with Crippen LogP contribution in [0.25, 0.3) is 5.52 Å². The van der Waals surface area contributed by atoms with Gasteiger partial charge in [0.2, 0.25) is 0 Å². The molecule has 2 rings (SSSR count). The van der Waals surface area contributed by atoms with E-state index in [-0.39, 0.29) is 5.56 Å². The van der Waals surface area contributed by atoms with Crippen molar-refractivity contribution in [2.24, 2.45) is 0 Å². The number of rotatable bonds is 2.